The van der Waals surface area contributed by atoms with Gasteiger partial charge in [0.1, 0.15) is 29.7 Å². The van der Waals surface area contributed by atoms with Crippen molar-refractivity contribution in [3.8, 4) is 33.4 Å². The SMILES string of the molecule is COCCN1CCN(CCOc2ccc(Oc3c(-c4ccc(F)cc4)sc4cc(O)ccc34)cc2)CC1. The number of phenolic OH excluding ortho intramolecular Hbond substituents is 1. The first-order valence-corrected chi connectivity index (χ1v) is 13.3. The van der Waals surface area contributed by atoms with E-state index in [1.54, 1.807) is 31.4 Å². The van der Waals surface area contributed by atoms with E-state index in [1.165, 1.54) is 23.5 Å². The third kappa shape index (κ3) is 6.40. The van der Waals surface area contributed by atoms with E-state index in [4.69, 9.17) is 14.2 Å². The number of nitrogens with zero attached hydrogens (tertiary/aromatic N) is 2. The maximum Gasteiger partial charge on any atom is 0.153 e. The van der Waals surface area contributed by atoms with Crippen molar-refractivity contribution in [1.82, 2.24) is 9.80 Å². The topological polar surface area (TPSA) is 54.4 Å². The Morgan fingerprint density at radius 3 is 2.16 bits per heavy atom. The van der Waals surface area contributed by atoms with Crippen molar-refractivity contribution in [1.29, 1.82) is 0 Å². The molecule has 1 N–H and O–H groups in total. The summed E-state index contributed by atoms with van der Waals surface area (Å²) in [5.41, 5.74) is 0.858. The lowest BCUT2D eigenvalue weighted by molar-refractivity contribution is 0.0894. The van der Waals surface area contributed by atoms with Gasteiger partial charge in [0.15, 0.2) is 5.75 Å². The third-order valence-electron chi connectivity index (χ3n) is 6.53. The largest absolute Gasteiger partial charge is 0.508 e. The molecule has 6 nitrogen and oxygen atoms in total. The second-order valence-electron chi connectivity index (χ2n) is 9.05. The zero-order valence-corrected chi connectivity index (χ0v) is 21.7. The van der Waals surface area contributed by atoms with Crippen LogP contribution in [-0.2, 0) is 4.74 Å². The fraction of sp³-hybridized carbons (Fsp3) is 0.310. The molecule has 0 spiro atoms. The van der Waals surface area contributed by atoms with Crippen molar-refractivity contribution in [3.05, 3.63) is 72.5 Å². The van der Waals surface area contributed by atoms with E-state index < -0.39 is 0 Å². The number of ether oxygens (including phenoxy) is 3. The van der Waals surface area contributed by atoms with Gasteiger partial charge in [-0.25, -0.2) is 4.39 Å². The van der Waals surface area contributed by atoms with Crippen LogP contribution in [0.1, 0.15) is 0 Å². The molecule has 0 atom stereocenters. The molecular formula is C29H31FN2O4S. The van der Waals surface area contributed by atoms with Gasteiger partial charge in [0.2, 0.25) is 0 Å². The molecule has 1 fully saturated rings. The smallest absolute Gasteiger partial charge is 0.153 e. The summed E-state index contributed by atoms with van der Waals surface area (Å²) < 4.78 is 31.9. The van der Waals surface area contributed by atoms with Gasteiger partial charge in [-0.1, -0.05) is 12.1 Å². The van der Waals surface area contributed by atoms with Gasteiger partial charge in [0, 0.05) is 56.5 Å². The van der Waals surface area contributed by atoms with Crippen LogP contribution in [0.4, 0.5) is 4.39 Å². The zero-order chi connectivity index (χ0) is 25.6. The molecule has 5 rings (SSSR count). The highest BCUT2D eigenvalue weighted by Gasteiger charge is 2.18. The number of phenols is 1. The molecule has 37 heavy (non-hydrogen) atoms. The third-order valence-corrected chi connectivity index (χ3v) is 7.71. The molecule has 1 saturated heterocycles. The van der Waals surface area contributed by atoms with Crippen LogP contribution in [0.2, 0.25) is 0 Å². The quantitative estimate of drug-likeness (QED) is 0.282. The van der Waals surface area contributed by atoms with Crippen LogP contribution in [-0.4, -0.2) is 74.5 Å². The van der Waals surface area contributed by atoms with Gasteiger partial charge in [0.05, 0.1) is 11.5 Å². The number of thiophene rings is 1. The Balaban J connectivity index is 1.21. The summed E-state index contributed by atoms with van der Waals surface area (Å²) in [6.07, 6.45) is 0. The maximum atomic E-state index is 13.5. The van der Waals surface area contributed by atoms with Crippen LogP contribution in [0.3, 0.4) is 0 Å². The van der Waals surface area contributed by atoms with E-state index in [0.29, 0.717) is 18.1 Å². The molecule has 0 unspecified atom stereocenters. The van der Waals surface area contributed by atoms with Crippen LogP contribution in [0.5, 0.6) is 23.0 Å². The van der Waals surface area contributed by atoms with E-state index in [-0.39, 0.29) is 11.6 Å². The molecular weight excluding hydrogens is 491 g/mol. The highest BCUT2D eigenvalue weighted by atomic mass is 32.1. The number of hydrogen-bond acceptors (Lipinski definition) is 7. The highest BCUT2D eigenvalue weighted by molar-refractivity contribution is 7.22. The van der Waals surface area contributed by atoms with Crippen LogP contribution in [0.15, 0.2) is 66.7 Å². The van der Waals surface area contributed by atoms with Crippen LogP contribution < -0.4 is 9.47 Å². The van der Waals surface area contributed by atoms with E-state index in [0.717, 1.165) is 72.2 Å². The number of aromatic hydroxyl groups is 1. The molecule has 3 aromatic carbocycles. The predicted molar refractivity (Wildman–Crippen MR) is 146 cm³/mol. The monoisotopic (exact) mass is 522 g/mol. The van der Waals surface area contributed by atoms with Crippen molar-refractivity contribution in [2.45, 2.75) is 0 Å². The number of piperazine rings is 1. The lowest BCUT2D eigenvalue weighted by Crippen LogP contribution is -2.48. The van der Waals surface area contributed by atoms with Crippen LogP contribution in [0.25, 0.3) is 20.5 Å². The number of fused-ring (bicyclic) bond motifs is 1. The first kappa shape index (κ1) is 25.5. The highest BCUT2D eigenvalue weighted by Crippen LogP contribution is 2.47. The van der Waals surface area contributed by atoms with Crippen molar-refractivity contribution in [3.63, 3.8) is 0 Å². The summed E-state index contributed by atoms with van der Waals surface area (Å²) in [7, 11) is 1.74. The number of benzene rings is 3. The minimum Gasteiger partial charge on any atom is -0.508 e. The average molecular weight is 523 g/mol. The lowest BCUT2D eigenvalue weighted by Gasteiger charge is -2.34. The Labute approximate surface area is 220 Å². The van der Waals surface area contributed by atoms with Gasteiger partial charge in [-0.3, -0.25) is 9.80 Å². The Morgan fingerprint density at radius 1 is 0.838 bits per heavy atom. The molecule has 0 saturated carbocycles. The van der Waals surface area contributed by atoms with Crippen molar-refractivity contribution < 1.29 is 23.7 Å². The first-order valence-electron chi connectivity index (χ1n) is 12.4. The molecule has 8 heteroatoms. The molecule has 194 valence electrons. The maximum absolute atomic E-state index is 13.5. The summed E-state index contributed by atoms with van der Waals surface area (Å²) in [6, 6.07) is 19.2. The van der Waals surface area contributed by atoms with Gasteiger partial charge >= 0.3 is 0 Å². The molecule has 1 aliphatic rings. The van der Waals surface area contributed by atoms with Gasteiger partial charge in [-0.2, -0.15) is 0 Å². The van der Waals surface area contributed by atoms with Gasteiger partial charge in [0.25, 0.3) is 0 Å². The molecule has 1 aliphatic heterocycles. The van der Waals surface area contributed by atoms with Crippen molar-refractivity contribution in [2.75, 3.05) is 59.6 Å². The Hall–Kier alpha value is -3.17. The van der Waals surface area contributed by atoms with Gasteiger partial charge < -0.3 is 19.3 Å². The van der Waals surface area contributed by atoms with Crippen LogP contribution >= 0.6 is 11.3 Å². The summed E-state index contributed by atoms with van der Waals surface area (Å²) in [6.45, 7) is 7.51. The minimum absolute atomic E-state index is 0.195. The molecule has 4 aromatic rings. The van der Waals surface area contributed by atoms with E-state index in [9.17, 15) is 9.50 Å². The number of rotatable bonds is 10. The summed E-state index contributed by atoms with van der Waals surface area (Å²) in [4.78, 5) is 5.74. The Morgan fingerprint density at radius 2 is 1.49 bits per heavy atom. The fourth-order valence-electron chi connectivity index (χ4n) is 4.43. The molecule has 0 radical (unpaired) electrons. The average Bonchev–Trinajstić information content (AvgIpc) is 3.26. The first-order chi connectivity index (χ1) is 18.1. The predicted octanol–water partition coefficient (Wildman–Crippen LogP) is 5.85. The minimum atomic E-state index is -0.287. The Kier molecular flexibility index (Phi) is 8.21. The number of halogens is 1. The van der Waals surface area contributed by atoms with E-state index >= 15 is 0 Å². The molecule has 1 aromatic heterocycles. The molecule has 0 amide bonds. The van der Waals surface area contributed by atoms with Gasteiger partial charge in [-0.15, -0.1) is 11.3 Å². The summed E-state index contributed by atoms with van der Waals surface area (Å²) >= 11 is 1.50. The number of hydrogen-bond donors (Lipinski definition) is 1. The fourth-order valence-corrected chi connectivity index (χ4v) is 5.59. The van der Waals surface area contributed by atoms with Crippen molar-refractivity contribution in [2.24, 2.45) is 0 Å². The zero-order valence-electron chi connectivity index (χ0n) is 20.9. The van der Waals surface area contributed by atoms with E-state index in [1.807, 2.05) is 30.3 Å². The normalized spacial score (nSPS) is 14.8. The summed E-state index contributed by atoms with van der Waals surface area (Å²) in [5, 5.41) is 10.8. The molecule has 0 bridgehead atoms. The summed E-state index contributed by atoms with van der Waals surface area (Å²) in [5.74, 6) is 2.07. The molecule has 0 aliphatic carbocycles. The Bertz CT molecular complexity index is 1300. The molecule has 2 heterocycles. The van der Waals surface area contributed by atoms with E-state index in [2.05, 4.69) is 9.80 Å². The van der Waals surface area contributed by atoms with Crippen LogP contribution in [0, 0.1) is 5.82 Å². The van der Waals surface area contributed by atoms with Gasteiger partial charge in [-0.05, 0) is 60.2 Å². The number of methoxy groups -OCH3 is 1. The standard InChI is InChI=1S/C29H31FN2O4S/c1-34-18-16-31-12-14-32(15-13-31)17-19-35-24-7-9-25(10-8-24)36-28-26-11-6-23(33)20-27(26)37-29(28)21-2-4-22(30)5-3-21/h2-11,20,33H,12-19H2,1H3. The lowest BCUT2D eigenvalue weighted by atomic mass is 10.1. The second kappa shape index (κ2) is 11.9. The second-order valence-corrected chi connectivity index (χ2v) is 10.1. The van der Waals surface area contributed by atoms with Crippen molar-refractivity contribution >= 4 is 21.4 Å².